The number of nitrogens with two attached hydrogens (primary N) is 2. The van der Waals surface area contributed by atoms with E-state index in [9.17, 15) is 18.0 Å². The third-order valence-corrected chi connectivity index (χ3v) is 1.68. The van der Waals surface area contributed by atoms with Gasteiger partial charge in [-0.3, -0.25) is 4.79 Å². The largest absolute Gasteiger partial charge is 0.574 e. The summed E-state index contributed by atoms with van der Waals surface area (Å²) in [7, 11) is 0. The SMILES string of the molecule is NCc1cc(C=O)c(N)nc1OC(F)(F)F. The molecule has 4 N–H and O–H groups in total. The van der Waals surface area contributed by atoms with Crippen LogP contribution in [0, 0.1) is 0 Å². The van der Waals surface area contributed by atoms with E-state index in [1.807, 2.05) is 0 Å². The standard InChI is InChI=1S/C8H8F3N3O2/c9-8(10,11)16-7-4(2-12)1-5(3-15)6(13)14-7/h1,3H,2,12H2,(H2,13,14). The summed E-state index contributed by atoms with van der Waals surface area (Å²) in [5.74, 6) is -1.08. The average molecular weight is 235 g/mol. The van der Waals surface area contributed by atoms with E-state index < -0.39 is 12.2 Å². The average Bonchev–Trinajstić information content (AvgIpc) is 2.16. The Bertz CT molecular complexity index is 406. The second kappa shape index (κ2) is 4.35. The minimum Gasteiger partial charge on any atom is -0.387 e. The first-order chi connectivity index (χ1) is 7.37. The Morgan fingerprint density at radius 2 is 2.12 bits per heavy atom. The van der Waals surface area contributed by atoms with E-state index in [1.54, 1.807) is 0 Å². The lowest BCUT2D eigenvalue weighted by Crippen LogP contribution is -2.20. The van der Waals surface area contributed by atoms with Gasteiger partial charge in [0.15, 0.2) is 6.29 Å². The minimum absolute atomic E-state index is 0.0324. The Balaban J connectivity index is 3.18. The molecule has 0 amide bonds. The molecule has 88 valence electrons. The van der Waals surface area contributed by atoms with Crippen molar-refractivity contribution in [2.24, 2.45) is 5.73 Å². The Morgan fingerprint density at radius 1 is 1.50 bits per heavy atom. The number of halogens is 3. The first-order valence-corrected chi connectivity index (χ1v) is 4.07. The highest BCUT2D eigenvalue weighted by Crippen LogP contribution is 2.26. The monoisotopic (exact) mass is 235 g/mol. The second-order valence-corrected chi connectivity index (χ2v) is 2.80. The summed E-state index contributed by atoms with van der Waals surface area (Å²) in [6.07, 6.45) is -4.51. The van der Waals surface area contributed by atoms with Crippen molar-refractivity contribution in [1.29, 1.82) is 0 Å². The molecule has 0 atom stereocenters. The molecule has 1 aromatic rings. The molecule has 0 aliphatic rings. The maximum atomic E-state index is 12.0. The topological polar surface area (TPSA) is 91.2 Å². The quantitative estimate of drug-likeness (QED) is 0.757. The summed E-state index contributed by atoms with van der Waals surface area (Å²) in [5.41, 5.74) is 10.4. The van der Waals surface area contributed by atoms with Gasteiger partial charge in [-0.1, -0.05) is 0 Å². The molecule has 0 spiro atoms. The van der Waals surface area contributed by atoms with Gasteiger partial charge in [-0.25, -0.2) is 0 Å². The van der Waals surface area contributed by atoms with Gasteiger partial charge < -0.3 is 16.2 Å². The first kappa shape index (κ1) is 12.2. The van der Waals surface area contributed by atoms with Crippen LogP contribution in [0.4, 0.5) is 19.0 Å². The normalized spacial score (nSPS) is 11.2. The number of pyridine rings is 1. The number of rotatable bonds is 3. The summed E-state index contributed by atoms with van der Waals surface area (Å²) >= 11 is 0. The van der Waals surface area contributed by atoms with Crippen molar-refractivity contribution in [2.75, 3.05) is 5.73 Å². The van der Waals surface area contributed by atoms with Crippen molar-refractivity contribution in [1.82, 2.24) is 4.98 Å². The molecular weight excluding hydrogens is 227 g/mol. The van der Waals surface area contributed by atoms with Gasteiger partial charge in [0.2, 0.25) is 5.88 Å². The zero-order valence-corrected chi connectivity index (χ0v) is 7.91. The zero-order chi connectivity index (χ0) is 12.3. The van der Waals surface area contributed by atoms with Crippen LogP contribution in [0.25, 0.3) is 0 Å². The molecular formula is C8H8F3N3O2. The molecule has 5 nitrogen and oxygen atoms in total. The molecule has 0 saturated carbocycles. The van der Waals surface area contributed by atoms with Crippen LogP contribution in [0.15, 0.2) is 6.07 Å². The number of nitrogens with zero attached hydrogens (tertiary/aromatic N) is 1. The summed E-state index contributed by atoms with van der Waals surface area (Å²) in [6, 6.07) is 1.11. The van der Waals surface area contributed by atoms with Crippen LogP contribution in [-0.4, -0.2) is 17.6 Å². The number of aromatic nitrogens is 1. The number of anilines is 1. The van der Waals surface area contributed by atoms with Gasteiger partial charge in [0.1, 0.15) is 5.82 Å². The first-order valence-electron chi connectivity index (χ1n) is 4.07. The highest BCUT2D eigenvalue weighted by molar-refractivity contribution is 5.82. The zero-order valence-electron chi connectivity index (χ0n) is 7.91. The lowest BCUT2D eigenvalue weighted by atomic mass is 10.2. The van der Waals surface area contributed by atoms with E-state index in [0.717, 1.165) is 6.07 Å². The van der Waals surface area contributed by atoms with E-state index in [2.05, 4.69) is 9.72 Å². The smallest absolute Gasteiger partial charge is 0.387 e. The van der Waals surface area contributed by atoms with Crippen LogP contribution >= 0.6 is 0 Å². The number of nitrogen functional groups attached to an aromatic ring is 1. The lowest BCUT2D eigenvalue weighted by Gasteiger charge is -2.12. The van der Waals surface area contributed by atoms with E-state index in [4.69, 9.17) is 11.5 Å². The van der Waals surface area contributed by atoms with Crippen molar-refractivity contribution in [3.8, 4) is 5.88 Å². The Hall–Kier alpha value is -1.83. The maximum absolute atomic E-state index is 12.0. The summed E-state index contributed by atoms with van der Waals surface area (Å²) in [5, 5.41) is 0. The molecule has 0 bridgehead atoms. The van der Waals surface area contributed by atoms with Gasteiger partial charge in [-0.15, -0.1) is 13.2 Å². The van der Waals surface area contributed by atoms with Crippen molar-refractivity contribution >= 4 is 12.1 Å². The van der Waals surface area contributed by atoms with E-state index >= 15 is 0 Å². The van der Waals surface area contributed by atoms with Crippen LogP contribution in [-0.2, 0) is 6.54 Å². The Labute approximate surface area is 88.2 Å². The predicted octanol–water partition coefficient (Wildman–Crippen LogP) is 0.834. The number of ether oxygens (including phenoxy) is 1. The number of hydrogen-bond donors (Lipinski definition) is 2. The molecule has 1 rings (SSSR count). The van der Waals surface area contributed by atoms with Gasteiger partial charge in [0.25, 0.3) is 0 Å². The van der Waals surface area contributed by atoms with Crippen molar-refractivity contribution in [3.05, 3.63) is 17.2 Å². The molecule has 0 radical (unpaired) electrons. The summed E-state index contributed by atoms with van der Waals surface area (Å²) in [4.78, 5) is 13.8. The van der Waals surface area contributed by atoms with E-state index in [0.29, 0.717) is 6.29 Å². The molecule has 0 aliphatic heterocycles. The Kier molecular flexibility index (Phi) is 3.33. The van der Waals surface area contributed by atoms with Crippen molar-refractivity contribution in [3.63, 3.8) is 0 Å². The molecule has 0 fully saturated rings. The predicted molar refractivity (Wildman–Crippen MR) is 48.6 cm³/mol. The number of carbonyl (C=O) groups excluding carboxylic acids is 1. The molecule has 0 aromatic carbocycles. The van der Waals surface area contributed by atoms with Crippen LogP contribution in [0.5, 0.6) is 5.88 Å². The fourth-order valence-electron chi connectivity index (χ4n) is 1.01. The van der Waals surface area contributed by atoms with Crippen LogP contribution < -0.4 is 16.2 Å². The molecule has 16 heavy (non-hydrogen) atoms. The molecule has 1 heterocycles. The lowest BCUT2D eigenvalue weighted by molar-refractivity contribution is -0.276. The molecule has 0 aliphatic carbocycles. The molecule has 8 heteroatoms. The van der Waals surface area contributed by atoms with Crippen LogP contribution in [0.3, 0.4) is 0 Å². The van der Waals surface area contributed by atoms with Crippen molar-refractivity contribution < 1.29 is 22.7 Å². The molecule has 1 aromatic heterocycles. The third-order valence-electron chi connectivity index (χ3n) is 1.68. The Morgan fingerprint density at radius 3 is 2.56 bits per heavy atom. The highest BCUT2D eigenvalue weighted by Gasteiger charge is 2.33. The van der Waals surface area contributed by atoms with E-state index in [-0.39, 0.29) is 23.5 Å². The van der Waals surface area contributed by atoms with Gasteiger partial charge in [-0.05, 0) is 6.07 Å². The van der Waals surface area contributed by atoms with Gasteiger partial charge in [0.05, 0.1) is 5.56 Å². The van der Waals surface area contributed by atoms with Crippen LogP contribution in [0.2, 0.25) is 0 Å². The van der Waals surface area contributed by atoms with Crippen molar-refractivity contribution in [2.45, 2.75) is 12.9 Å². The third kappa shape index (κ3) is 2.83. The molecule has 0 saturated heterocycles. The summed E-state index contributed by atoms with van der Waals surface area (Å²) in [6.45, 7) is -0.250. The highest BCUT2D eigenvalue weighted by atomic mass is 19.4. The molecule has 0 unspecified atom stereocenters. The van der Waals surface area contributed by atoms with Gasteiger partial charge >= 0.3 is 6.36 Å². The fourth-order valence-corrected chi connectivity index (χ4v) is 1.01. The fraction of sp³-hybridized carbons (Fsp3) is 0.250. The summed E-state index contributed by atoms with van der Waals surface area (Å²) < 4.78 is 39.5. The minimum atomic E-state index is -4.88. The van der Waals surface area contributed by atoms with Gasteiger partial charge in [0, 0.05) is 12.1 Å². The number of carbonyl (C=O) groups is 1. The van der Waals surface area contributed by atoms with Gasteiger partial charge in [-0.2, -0.15) is 4.98 Å². The van der Waals surface area contributed by atoms with E-state index in [1.165, 1.54) is 0 Å². The number of hydrogen-bond acceptors (Lipinski definition) is 5. The maximum Gasteiger partial charge on any atom is 0.574 e. The second-order valence-electron chi connectivity index (χ2n) is 2.80. The number of aldehydes is 1. The number of alkyl halides is 3. The van der Waals surface area contributed by atoms with Crippen LogP contribution in [0.1, 0.15) is 15.9 Å².